The molecule has 0 saturated heterocycles. The molecule has 7 nitrogen and oxygen atoms in total. The molecule has 1 aromatic carbocycles. The molecule has 0 radical (unpaired) electrons. The molecule has 37 heavy (non-hydrogen) atoms. The van der Waals surface area contributed by atoms with Crippen LogP contribution in [0.4, 0.5) is 0 Å². The first kappa shape index (κ1) is 27.9. The Morgan fingerprint density at radius 2 is 1.86 bits per heavy atom. The highest BCUT2D eigenvalue weighted by Crippen LogP contribution is 2.35. The molecular formula is C27H35N5O2S3. The molecule has 1 aliphatic heterocycles. The van der Waals surface area contributed by atoms with Crippen LogP contribution in [0, 0.1) is 6.92 Å². The maximum absolute atomic E-state index is 11.9. The molecule has 0 spiro atoms. The van der Waals surface area contributed by atoms with Gasteiger partial charge in [0.1, 0.15) is 6.04 Å². The second kappa shape index (κ2) is 13.1. The lowest BCUT2D eigenvalue weighted by molar-refractivity contribution is -0.141. The number of carbonyl (C=O) groups is 1. The minimum Gasteiger partial charge on any atom is -0.480 e. The van der Waals surface area contributed by atoms with Gasteiger partial charge in [-0.3, -0.25) is 14.8 Å². The molecule has 3 heterocycles. The first-order valence-corrected chi connectivity index (χ1v) is 15.6. The highest BCUT2D eigenvalue weighted by molar-refractivity contribution is 7.98. The van der Waals surface area contributed by atoms with Crippen LogP contribution in [-0.2, 0) is 17.6 Å². The van der Waals surface area contributed by atoms with Gasteiger partial charge in [0.15, 0.2) is 0 Å². The smallest absolute Gasteiger partial charge is 0.322 e. The second-order valence-corrected chi connectivity index (χ2v) is 12.6. The van der Waals surface area contributed by atoms with E-state index in [1.54, 1.807) is 34.4 Å². The molecule has 0 saturated carbocycles. The molecule has 0 aliphatic carbocycles. The van der Waals surface area contributed by atoms with Crippen molar-refractivity contribution in [2.24, 2.45) is 5.73 Å². The monoisotopic (exact) mass is 557 g/mol. The van der Waals surface area contributed by atoms with Crippen molar-refractivity contribution in [2.75, 3.05) is 25.1 Å². The Hall–Kier alpha value is -2.08. The Morgan fingerprint density at radius 3 is 2.43 bits per heavy atom. The number of aromatic nitrogens is 2. The number of rotatable bonds is 13. The number of nitrogens with zero attached hydrogens (tertiary/aromatic N) is 3. The van der Waals surface area contributed by atoms with Gasteiger partial charge in [-0.15, -0.1) is 22.7 Å². The molecule has 0 fully saturated rings. The summed E-state index contributed by atoms with van der Waals surface area (Å²) in [7, 11) is 0. The van der Waals surface area contributed by atoms with Crippen molar-refractivity contribution in [3.05, 3.63) is 74.1 Å². The van der Waals surface area contributed by atoms with Gasteiger partial charge in [-0.2, -0.15) is 11.8 Å². The highest BCUT2D eigenvalue weighted by Gasteiger charge is 2.33. The molecule has 10 heteroatoms. The number of carboxylic acids is 1. The maximum Gasteiger partial charge on any atom is 0.322 e. The Balaban J connectivity index is 1.64. The fraction of sp³-hybridized carbons (Fsp3) is 0.444. The number of thioether (sulfide) groups is 1. The van der Waals surface area contributed by atoms with E-state index in [1.165, 1.54) is 32.0 Å². The number of thiazole rings is 2. The summed E-state index contributed by atoms with van der Waals surface area (Å²) in [6.07, 6.45) is 9.51. The number of hydrogen-bond acceptors (Lipinski definition) is 9. The molecule has 198 valence electrons. The van der Waals surface area contributed by atoms with Gasteiger partial charge in [-0.1, -0.05) is 29.8 Å². The van der Waals surface area contributed by atoms with E-state index in [9.17, 15) is 9.90 Å². The Labute approximate surface area is 231 Å². The van der Waals surface area contributed by atoms with Gasteiger partial charge in [-0.05, 0) is 54.9 Å². The van der Waals surface area contributed by atoms with E-state index >= 15 is 0 Å². The predicted octanol–water partition coefficient (Wildman–Crippen LogP) is 4.65. The average Bonchev–Trinajstić information content (AvgIpc) is 3.57. The number of benzene rings is 1. The lowest BCUT2D eigenvalue weighted by Crippen LogP contribution is -2.51. The van der Waals surface area contributed by atoms with Crippen LogP contribution in [0.15, 0.2) is 53.3 Å². The summed E-state index contributed by atoms with van der Waals surface area (Å²) in [6.45, 7) is 3.51. The van der Waals surface area contributed by atoms with Crippen molar-refractivity contribution in [3.8, 4) is 0 Å². The number of nitrogens with two attached hydrogens (primary N) is 1. The van der Waals surface area contributed by atoms with Gasteiger partial charge in [0.25, 0.3) is 0 Å². The van der Waals surface area contributed by atoms with Crippen LogP contribution in [0.25, 0.3) is 5.57 Å². The number of carboxylic acid groups (broad SMARTS) is 1. The van der Waals surface area contributed by atoms with Crippen LogP contribution < -0.4 is 11.2 Å². The van der Waals surface area contributed by atoms with Crippen LogP contribution in [0.3, 0.4) is 0 Å². The topological polar surface area (TPSA) is 104 Å². The quantitative estimate of drug-likeness (QED) is 0.279. The molecule has 4 rings (SSSR count). The van der Waals surface area contributed by atoms with Crippen molar-refractivity contribution >= 4 is 46.0 Å². The summed E-state index contributed by atoms with van der Waals surface area (Å²) in [5.74, 6) is -0.00893. The molecule has 0 unspecified atom stereocenters. The van der Waals surface area contributed by atoms with Crippen molar-refractivity contribution in [3.63, 3.8) is 0 Å². The van der Waals surface area contributed by atoms with Crippen LogP contribution in [0.2, 0.25) is 0 Å². The third-order valence-electron chi connectivity index (χ3n) is 6.76. The number of aryl methyl sites for hydroxylation is 1. The van der Waals surface area contributed by atoms with E-state index in [0.29, 0.717) is 13.0 Å². The van der Waals surface area contributed by atoms with Gasteiger partial charge in [0, 0.05) is 53.6 Å². The highest BCUT2D eigenvalue weighted by atomic mass is 32.2. The normalized spacial score (nSPS) is 15.8. The maximum atomic E-state index is 11.9. The van der Waals surface area contributed by atoms with Gasteiger partial charge >= 0.3 is 5.97 Å². The third kappa shape index (κ3) is 7.72. The van der Waals surface area contributed by atoms with E-state index in [0.717, 1.165) is 38.0 Å². The van der Waals surface area contributed by atoms with Gasteiger partial charge in [0.2, 0.25) is 0 Å². The summed E-state index contributed by atoms with van der Waals surface area (Å²) in [5.41, 5.74) is 18.8. The molecule has 1 atom stereocenters. The van der Waals surface area contributed by atoms with Crippen LogP contribution in [0.1, 0.15) is 40.1 Å². The summed E-state index contributed by atoms with van der Waals surface area (Å²) in [6, 6.07) is 7.83. The summed E-state index contributed by atoms with van der Waals surface area (Å²) in [5, 5.41) is 11.9. The fourth-order valence-electron chi connectivity index (χ4n) is 4.96. The van der Waals surface area contributed by atoms with E-state index < -0.39 is 17.6 Å². The van der Waals surface area contributed by atoms with E-state index in [2.05, 4.69) is 51.6 Å². The Bertz CT molecular complexity index is 1140. The van der Waals surface area contributed by atoms with Crippen LogP contribution in [0.5, 0.6) is 0 Å². The van der Waals surface area contributed by atoms with E-state index in [4.69, 9.17) is 5.73 Å². The third-order valence-corrected chi connectivity index (χ3v) is 8.96. The Kier molecular flexibility index (Phi) is 9.91. The van der Waals surface area contributed by atoms with Crippen LogP contribution >= 0.6 is 34.4 Å². The molecule has 0 amide bonds. The number of nitrogens with one attached hydrogen (secondary N) is 1. The summed E-state index contributed by atoms with van der Waals surface area (Å²) in [4.78, 5) is 22.8. The zero-order valence-electron chi connectivity index (χ0n) is 21.4. The van der Waals surface area contributed by atoms with Gasteiger partial charge in [0.05, 0.1) is 11.0 Å². The van der Waals surface area contributed by atoms with Crippen molar-refractivity contribution in [2.45, 2.75) is 50.6 Å². The number of hydrazine groups is 1. The SMILES string of the molecule is CSCC[C@H](NN1CCC(CC(N)(Cc2cncs2)Cc2cncs2)=C(c2ccccc2C)C1)C(=O)O. The minimum absolute atomic E-state index is 0.472. The molecule has 1 aliphatic rings. The Morgan fingerprint density at radius 1 is 1.19 bits per heavy atom. The lowest BCUT2D eigenvalue weighted by Gasteiger charge is -2.37. The fourth-order valence-corrected chi connectivity index (χ4v) is 6.93. The van der Waals surface area contributed by atoms with Crippen molar-refractivity contribution in [1.29, 1.82) is 0 Å². The van der Waals surface area contributed by atoms with E-state index in [1.807, 2.05) is 29.7 Å². The van der Waals surface area contributed by atoms with Crippen molar-refractivity contribution < 1.29 is 9.90 Å². The molecule has 0 bridgehead atoms. The molecule has 2 aromatic heterocycles. The zero-order valence-corrected chi connectivity index (χ0v) is 23.8. The predicted molar refractivity (Wildman–Crippen MR) is 155 cm³/mol. The standard InChI is InChI=1S/C27H35N5O2S3/c1-19-5-3-4-6-23(19)24-16-32(31-25(26(33)34)8-10-35-2)9-7-20(24)11-27(28,12-21-14-29-17-36-21)13-22-15-30-18-37-22/h3-6,14-15,17-18,25,31H,7-13,16,28H2,1-2H3,(H,33,34)/t25-/m0/s1. The summed E-state index contributed by atoms with van der Waals surface area (Å²) < 4.78 is 0. The van der Waals surface area contributed by atoms with Crippen LogP contribution in [-0.4, -0.2) is 62.7 Å². The molecule has 4 N–H and O–H groups in total. The largest absolute Gasteiger partial charge is 0.480 e. The first-order chi connectivity index (χ1) is 17.9. The van der Waals surface area contributed by atoms with Gasteiger partial charge < -0.3 is 10.8 Å². The van der Waals surface area contributed by atoms with Crippen molar-refractivity contribution in [1.82, 2.24) is 20.4 Å². The minimum atomic E-state index is -0.809. The lowest BCUT2D eigenvalue weighted by atomic mass is 9.79. The first-order valence-electron chi connectivity index (χ1n) is 12.4. The molecular weight excluding hydrogens is 523 g/mol. The van der Waals surface area contributed by atoms with Gasteiger partial charge in [-0.25, -0.2) is 10.4 Å². The number of hydrogen-bond donors (Lipinski definition) is 3. The zero-order chi connectivity index (χ0) is 26.3. The molecule has 3 aromatic rings. The van der Waals surface area contributed by atoms with E-state index in [-0.39, 0.29) is 0 Å². The summed E-state index contributed by atoms with van der Waals surface area (Å²) >= 11 is 4.96. The average molecular weight is 558 g/mol. The second-order valence-electron chi connectivity index (χ2n) is 9.70. The number of aliphatic carboxylic acids is 1.